The Morgan fingerprint density at radius 3 is 2.25 bits per heavy atom. The van der Waals surface area contributed by atoms with Crippen LogP contribution >= 0.6 is 33.3 Å². The lowest BCUT2D eigenvalue weighted by Crippen LogP contribution is -2.33. The van der Waals surface area contributed by atoms with Crippen LogP contribution in [0.3, 0.4) is 0 Å². The van der Waals surface area contributed by atoms with Crippen molar-refractivity contribution >= 4 is 56.1 Å². The number of nitrogens with two attached hydrogens (primary N) is 2. The molecular formula is C23H37N5OS3. The average molecular weight is 496 g/mol. The number of nitrogens with zero attached hydrogens (tertiary/aromatic N) is 3. The van der Waals surface area contributed by atoms with Crippen molar-refractivity contribution in [2.45, 2.75) is 71.2 Å². The van der Waals surface area contributed by atoms with Crippen molar-refractivity contribution in [2.24, 2.45) is 26.9 Å². The molecule has 0 saturated heterocycles. The first-order valence-electron chi connectivity index (χ1n) is 10.5. The highest BCUT2D eigenvalue weighted by molar-refractivity contribution is 8.14. The van der Waals surface area contributed by atoms with Gasteiger partial charge in [0.05, 0.1) is 6.04 Å². The summed E-state index contributed by atoms with van der Waals surface area (Å²) in [5, 5.41) is 14.8. The molecule has 0 fully saturated rings. The fourth-order valence-corrected chi connectivity index (χ4v) is 7.51. The van der Waals surface area contributed by atoms with Gasteiger partial charge in [-0.05, 0) is 64.6 Å². The van der Waals surface area contributed by atoms with Crippen LogP contribution in [0.4, 0.5) is 5.69 Å². The Hall–Kier alpha value is -1.68. The van der Waals surface area contributed by atoms with Gasteiger partial charge in [-0.2, -0.15) is 0 Å². The van der Waals surface area contributed by atoms with Crippen molar-refractivity contribution in [2.75, 3.05) is 7.05 Å². The minimum absolute atomic E-state index is 0.0479. The SMILES string of the molecule is C/C=S(\c1scc(N=C(N)C(N)=N[C@@H](c2ccc(C)s2)C(C)(C)C)c1O)N(C)C(C)(C)C. The fourth-order valence-electron chi connectivity index (χ4n) is 2.91. The van der Waals surface area contributed by atoms with Crippen LogP contribution in [0.15, 0.2) is 31.7 Å². The standard InChI is InChI=1S/C23H37N5OS3/c1-10-32(28(9)23(6,7)8)21-17(29)15(13-30-21)26-19(24)20(25)27-18(22(3,4)5)16-12-11-14(2)31-16/h10-13,18,29H,1-9H3,(H2,24,26)(H2,25,27)/t18-,32?/m0/s1. The van der Waals surface area contributed by atoms with E-state index in [0.717, 1.165) is 9.09 Å². The molecule has 2 heterocycles. The second-order valence-corrected chi connectivity index (χ2v) is 14.2. The van der Waals surface area contributed by atoms with E-state index in [2.05, 4.69) is 82.3 Å². The first-order valence-corrected chi connectivity index (χ1v) is 13.4. The van der Waals surface area contributed by atoms with Gasteiger partial charge in [-0.3, -0.25) is 4.99 Å². The summed E-state index contributed by atoms with van der Waals surface area (Å²) in [5.41, 5.74) is 12.7. The third-order valence-electron chi connectivity index (χ3n) is 4.99. The average Bonchev–Trinajstić information content (AvgIpc) is 3.25. The zero-order chi connectivity index (χ0) is 24.4. The summed E-state index contributed by atoms with van der Waals surface area (Å²) < 4.78 is 3.09. The van der Waals surface area contributed by atoms with E-state index in [0.29, 0.717) is 5.69 Å². The molecule has 6 nitrogen and oxygen atoms in total. The molecule has 0 bridgehead atoms. The second-order valence-electron chi connectivity index (χ2n) is 9.70. The van der Waals surface area contributed by atoms with E-state index in [1.807, 2.05) is 12.3 Å². The third kappa shape index (κ3) is 6.21. The van der Waals surface area contributed by atoms with E-state index in [1.54, 1.807) is 11.3 Å². The Morgan fingerprint density at radius 1 is 1.16 bits per heavy atom. The van der Waals surface area contributed by atoms with E-state index in [1.165, 1.54) is 16.2 Å². The topological polar surface area (TPSA) is 100 Å². The highest BCUT2D eigenvalue weighted by Crippen LogP contribution is 2.48. The van der Waals surface area contributed by atoms with Crippen molar-refractivity contribution in [3.63, 3.8) is 0 Å². The van der Waals surface area contributed by atoms with E-state index in [9.17, 15) is 5.11 Å². The molecule has 2 rings (SSSR count). The molecule has 0 radical (unpaired) electrons. The van der Waals surface area contributed by atoms with Gasteiger partial charge in [-0.1, -0.05) is 31.4 Å². The summed E-state index contributed by atoms with van der Waals surface area (Å²) in [4.78, 5) is 11.5. The molecule has 5 N–H and O–H groups in total. The van der Waals surface area contributed by atoms with Gasteiger partial charge in [-0.25, -0.2) is 9.30 Å². The lowest BCUT2D eigenvalue weighted by Gasteiger charge is -2.34. The van der Waals surface area contributed by atoms with Gasteiger partial charge in [0.2, 0.25) is 0 Å². The highest BCUT2D eigenvalue weighted by atomic mass is 32.2. The highest BCUT2D eigenvalue weighted by Gasteiger charge is 2.28. The van der Waals surface area contributed by atoms with Crippen LogP contribution in [0.1, 0.15) is 64.3 Å². The Bertz CT molecular complexity index is 1030. The van der Waals surface area contributed by atoms with Crippen molar-refractivity contribution in [1.29, 1.82) is 0 Å². The molecule has 0 aromatic carbocycles. The van der Waals surface area contributed by atoms with Crippen LogP contribution in [-0.2, 0) is 0 Å². The van der Waals surface area contributed by atoms with Crippen LogP contribution < -0.4 is 11.5 Å². The third-order valence-corrected chi connectivity index (χ3v) is 9.75. The number of thiophene rings is 2. The van der Waals surface area contributed by atoms with Gasteiger partial charge in [0, 0.05) is 20.7 Å². The summed E-state index contributed by atoms with van der Waals surface area (Å²) in [6.07, 6.45) is 0. The summed E-state index contributed by atoms with van der Waals surface area (Å²) in [6, 6.07) is 4.04. The van der Waals surface area contributed by atoms with Gasteiger partial charge in [-0.15, -0.1) is 22.7 Å². The molecule has 2 aromatic rings. The summed E-state index contributed by atoms with van der Waals surface area (Å²) in [5.74, 6) is 0.428. The normalized spacial score (nSPS) is 16.1. The molecule has 0 saturated carbocycles. The Labute approximate surface area is 203 Å². The number of amidine groups is 2. The Balaban J connectivity index is 2.40. The maximum Gasteiger partial charge on any atom is 0.166 e. The van der Waals surface area contributed by atoms with Crippen molar-refractivity contribution in [1.82, 2.24) is 4.31 Å². The predicted octanol–water partition coefficient (Wildman–Crippen LogP) is 6.05. The van der Waals surface area contributed by atoms with Crippen LogP contribution in [0.25, 0.3) is 0 Å². The van der Waals surface area contributed by atoms with Gasteiger partial charge in [0.25, 0.3) is 0 Å². The largest absolute Gasteiger partial charge is 0.504 e. The number of aliphatic imine (C=N–C) groups is 2. The Kier molecular flexibility index (Phi) is 8.36. The van der Waals surface area contributed by atoms with Gasteiger partial charge in [0.1, 0.15) is 9.90 Å². The van der Waals surface area contributed by atoms with Crippen LogP contribution in [0.2, 0.25) is 0 Å². The summed E-state index contributed by atoms with van der Waals surface area (Å²) >= 11 is 3.18. The molecule has 2 aromatic heterocycles. The van der Waals surface area contributed by atoms with Crippen LogP contribution in [0, 0.1) is 12.3 Å². The van der Waals surface area contributed by atoms with Crippen molar-refractivity contribution in [3.8, 4) is 5.75 Å². The van der Waals surface area contributed by atoms with Crippen molar-refractivity contribution < 1.29 is 5.11 Å². The zero-order valence-electron chi connectivity index (χ0n) is 20.6. The molecule has 0 spiro atoms. The number of rotatable bonds is 5. The number of hydrogen-bond acceptors (Lipinski definition) is 6. The molecule has 2 atom stereocenters. The second kappa shape index (κ2) is 10.1. The van der Waals surface area contributed by atoms with E-state index >= 15 is 0 Å². The fraction of sp³-hybridized carbons (Fsp3) is 0.522. The molecule has 1 unspecified atom stereocenters. The molecule has 32 heavy (non-hydrogen) atoms. The molecule has 0 aliphatic rings. The molecule has 0 aliphatic carbocycles. The lowest BCUT2D eigenvalue weighted by atomic mass is 9.86. The zero-order valence-corrected chi connectivity index (χ0v) is 23.0. The van der Waals surface area contributed by atoms with Gasteiger partial charge in [0.15, 0.2) is 17.4 Å². The van der Waals surface area contributed by atoms with Gasteiger partial charge >= 0.3 is 0 Å². The monoisotopic (exact) mass is 495 g/mol. The summed E-state index contributed by atoms with van der Waals surface area (Å²) in [6.45, 7) is 16.9. The number of hydrogen-bond donors (Lipinski definition) is 3. The van der Waals surface area contributed by atoms with E-state index in [-0.39, 0.29) is 45.1 Å². The lowest BCUT2D eigenvalue weighted by molar-refractivity contribution is 0.318. The first kappa shape index (κ1) is 26.6. The molecule has 0 amide bonds. The minimum Gasteiger partial charge on any atom is -0.504 e. The van der Waals surface area contributed by atoms with Crippen LogP contribution in [0.5, 0.6) is 5.75 Å². The summed E-state index contributed by atoms with van der Waals surface area (Å²) in [7, 11) is 1.70. The number of aryl methyl sites for hydroxylation is 1. The quantitative estimate of drug-likeness (QED) is 0.267. The van der Waals surface area contributed by atoms with E-state index in [4.69, 9.17) is 16.5 Å². The Morgan fingerprint density at radius 2 is 1.78 bits per heavy atom. The van der Waals surface area contributed by atoms with Gasteiger partial charge < -0.3 is 16.6 Å². The molecule has 9 heteroatoms. The maximum absolute atomic E-state index is 10.9. The smallest absolute Gasteiger partial charge is 0.166 e. The number of aromatic hydroxyl groups is 1. The molecular weight excluding hydrogens is 458 g/mol. The molecule has 0 aliphatic heterocycles. The molecule has 178 valence electrons. The van der Waals surface area contributed by atoms with Crippen molar-refractivity contribution in [3.05, 3.63) is 27.3 Å². The first-order chi connectivity index (χ1) is 14.7. The van der Waals surface area contributed by atoms with Crippen LogP contribution in [-0.4, -0.2) is 39.0 Å². The van der Waals surface area contributed by atoms with E-state index < -0.39 is 0 Å². The minimum atomic E-state index is -0.362. The predicted molar refractivity (Wildman–Crippen MR) is 145 cm³/mol. The maximum atomic E-state index is 10.9.